The lowest BCUT2D eigenvalue weighted by atomic mass is 10.0. The highest BCUT2D eigenvalue weighted by Gasteiger charge is 2.09. The Morgan fingerprint density at radius 3 is 2.17 bits per heavy atom. The summed E-state index contributed by atoms with van der Waals surface area (Å²) in [6, 6.07) is 13.0. The summed E-state index contributed by atoms with van der Waals surface area (Å²) in [6.07, 6.45) is 0.333. The highest BCUT2D eigenvalue weighted by atomic mass is 16.2. The first-order valence-electron chi connectivity index (χ1n) is 7.54. The Hall–Kier alpha value is -2.62. The lowest BCUT2D eigenvalue weighted by Gasteiger charge is -2.11. The highest BCUT2D eigenvalue weighted by molar-refractivity contribution is 5.96. The standard InChI is InChI=1S/C19H22N2O2/c1-13-5-6-15(11-14(13)2)12-18(22)20-17-9-7-16(8-10-17)19(23)21(3)4/h5-11H,12H2,1-4H3,(H,20,22). The predicted octanol–water partition coefficient (Wildman–Crippen LogP) is 3.19. The third-order valence-corrected chi connectivity index (χ3v) is 3.76. The van der Waals surface area contributed by atoms with Crippen molar-refractivity contribution in [3.05, 3.63) is 64.7 Å². The zero-order valence-corrected chi connectivity index (χ0v) is 14.0. The van der Waals surface area contributed by atoms with Crippen LogP contribution < -0.4 is 5.32 Å². The second-order valence-corrected chi connectivity index (χ2v) is 5.92. The summed E-state index contributed by atoms with van der Waals surface area (Å²) >= 11 is 0. The third-order valence-electron chi connectivity index (χ3n) is 3.76. The van der Waals surface area contributed by atoms with E-state index in [-0.39, 0.29) is 11.8 Å². The van der Waals surface area contributed by atoms with Crippen LogP contribution in [0.4, 0.5) is 5.69 Å². The molecule has 4 heteroatoms. The van der Waals surface area contributed by atoms with Gasteiger partial charge in [-0.1, -0.05) is 18.2 Å². The summed E-state index contributed by atoms with van der Waals surface area (Å²) in [7, 11) is 3.42. The van der Waals surface area contributed by atoms with Gasteiger partial charge in [-0.2, -0.15) is 0 Å². The predicted molar refractivity (Wildman–Crippen MR) is 92.7 cm³/mol. The summed E-state index contributed by atoms with van der Waals surface area (Å²) in [4.78, 5) is 25.5. The fourth-order valence-electron chi connectivity index (χ4n) is 2.26. The molecule has 0 fully saturated rings. The average molecular weight is 310 g/mol. The van der Waals surface area contributed by atoms with E-state index in [9.17, 15) is 9.59 Å². The van der Waals surface area contributed by atoms with Gasteiger partial charge in [0.25, 0.3) is 5.91 Å². The third kappa shape index (κ3) is 4.42. The molecule has 0 spiro atoms. The topological polar surface area (TPSA) is 49.4 Å². The van der Waals surface area contributed by atoms with E-state index in [1.54, 1.807) is 38.4 Å². The van der Waals surface area contributed by atoms with Crippen molar-refractivity contribution in [2.24, 2.45) is 0 Å². The molecule has 2 amide bonds. The van der Waals surface area contributed by atoms with Crippen LogP contribution in [0.15, 0.2) is 42.5 Å². The molecule has 120 valence electrons. The summed E-state index contributed by atoms with van der Waals surface area (Å²) in [5.74, 6) is -0.127. The molecule has 2 aromatic carbocycles. The molecule has 0 aliphatic rings. The molecule has 1 N–H and O–H groups in total. The molecule has 23 heavy (non-hydrogen) atoms. The Morgan fingerprint density at radius 2 is 1.61 bits per heavy atom. The molecular weight excluding hydrogens is 288 g/mol. The normalized spacial score (nSPS) is 10.3. The fraction of sp³-hybridized carbons (Fsp3) is 0.263. The Bertz CT molecular complexity index is 719. The Morgan fingerprint density at radius 1 is 0.957 bits per heavy atom. The van der Waals surface area contributed by atoms with Crippen LogP contribution in [0.5, 0.6) is 0 Å². The summed E-state index contributed by atoms with van der Waals surface area (Å²) < 4.78 is 0. The minimum absolute atomic E-state index is 0.0574. The van der Waals surface area contributed by atoms with Gasteiger partial charge in [0.2, 0.25) is 5.91 Å². The highest BCUT2D eigenvalue weighted by Crippen LogP contribution is 2.13. The van der Waals surface area contributed by atoms with Gasteiger partial charge in [-0.3, -0.25) is 9.59 Å². The first kappa shape index (κ1) is 16.7. The summed E-state index contributed by atoms with van der Waals surface area (Å²) in [5.41, 5.74) is 4.68. The number of carbonyl (C=O) groups excluding carboxylic acids is 2. The molecule has 0 saturated carbocycles. The van der Waals surface area contributed by atoms with Crippen LogP contribution in [0.1, 0.15) is 27.0 Å². The van der Waals surface area contributed by atoms with Crippen LogP contribution in [-0.2, 0) is 11.2 Å². The number of aryl methyl sites for hydroxylation is 2. The van der Waals surface area contributed by atoms with Gasteiger partial charge < -0.3 is 10.2 Å². The molecule has 0 aliphatic carbocycles. The molecule has 0 radical (unpaired) electrons. The van der Waals surface area contributed by atoms with Gasteiger partial charge >= 0.3 is 0 Å². The summed E-state index contributed by atoms with van der Waals surface area (Å²) in [6.45, 7) is 4.09. The van der Waals surface area contributed by atoms with E-state index in [2.05, 4.69) is 12.2 Å². The first-order chi connectivity index (χ1) is 10.9. The summed E-state index contributed by atoms with van der Waals surface area (Å²) in [5, 5.41) is 2.86. The molecule has 0 atom stereocenters. The zero-order chi connectivity index (χ0) is 17.0. The number of hydrogen-bond acceptors (Lipinski definition) is 2. The van der Waals surface area contributed by atoms with Crippen LogP contribution in [0, 0.1) is 13.8 Å². The van der Waals surface area contributed by atoms with Crippen LogP contribution in [0.25, 0.3) is 0 Å². The van der Waals surface area contributed by atoms with E-state index in [1.807, 2.05) is 25.1 Å². The maximum Gasteiger partial charge on any atom is 0.253 e. The molecule has 2 rings (SSSR count). The van der Waals surface area contributed by atoms with Crippen molar-refractivity contribution in [3.8, 4) is 0 Å². The molecule has 0 aliphatic heterocycles. The smallest absolute Gasteiger partial charge is 0.253 e. The van der Waals surface area contributed by atoms with Crippen molar-refractivity contribution >= 4 is 17.5 Å². The molecular formula is C19H22N2O2. The maximum atomic E-state index is 12.1. The van der Waals surface area contributed by atoms with E-state index in [0.29, 0.717) is 17.7 Å². The number of benzene rings is 2. The van der Waals surface area contributed by atoms with Crippen LogP contribution in [0.3, 0.4) is 0 Å². The van der Waals surface area contributed by atoms with Crippen molar-refractivity contribution < 1.29 is 9.59 Å². The second kappa shape index (κ2) is 7.09. The lowest BCUT2D eigenvalue weighted by molar-refractivity contribution is -0.115. The first-order valence-corrected chi connectivity index (χ1v) is 7.54. The van der Waals surface area contributed by atoms with Crippen molar-refractivity contribution in [2.75, 3.05) is 19.4 Å². The van der Waals surface area contributed by atoms with Gasteiger partial charge in [0, 0.05) is 25.3 Å². The average Bonchev–Trinajstić information content (AvgIpc) is 2.51. The number of hydrogen-bond donors (Lipinski definition) is 1. The SMILES string of the molecule is Cc1ccc(CC(=O)Nc2ccc(C(=O)N(C)C)cc2)cc1C. The fourth-order valence-corrected chi connectivity index (χ4v) is 2.26. The Labute approximate surface area is 137 Å². The quantitative estimate of drug-likeness (QED) is 0.943. The van der Waals surface area contributed by atoms with Crippen molar-refractivity contribution in [3.63, 3.8) is 0 Å². The minimum Gasteiger partial charge on any atom is -0.345 e. The molecule has 4 nitrogen and oxygen atoms in total. The number of rotatable bonds is 4. The molecule has 0 unspecified atom stereocenters. The molecule has 2 aromatic rings. The van der Waals surface area contributed by atoms with E-state index >= 15 is 0 Å². The van der Waals surface area contributed by atoms with Gasteiger partial charge in [0.1, 0.15) is 0 Å². The number of carbonyl (C=O) groups is 2. The van der Waals surface area contributed by atoms with E-state index < -0.39 is 0 Å². The number of nitrogens with one attached hydrogen (secondary N) is 1. The monoisotopic (exact) mass is 310 g/mol. The van der Waals surface area contributed by atoms with Gasteiger partial charge in [-0.05, 0) is 54.8 Å². The van der Waals surface area contributed by atoms with Crippen molar-refractivity contribution in [1.82, 2.24) is 4.90 Å². The van der Waals surface area contributed by atoms with Crippen LogP contribution >= 0.6 is 0 Å². The molecule has 0 saturated heterocycles. The Balaban J connectivity index is 2.00. The Kier molecular flexibility index (Phi) is 5.16. The second-order valence-electron chi connectivity index (χ2n) is 5.92. The zero-order valence-electron chi connectivity index (χ0n) is 14.0. The van der Waals surface area contributed by atoms with E-state index in [0.717, 1.165) is 5.56 Å². The van der Waals surface area contributed by atoms with Crippen LogP contribution in [0.2, 0.25) is 0 Å². The molecule has 0 bridgehead atoms. The number of anilines is 1. The molecule has 0 aromatic heterocycles. The van der Waals surface area contributed by atoms with Crippen molar-refractivity contribution in [2.45, 2.75) is 20.3 Å². The number of amides is 2. The largest absolute Gasteiger partial charge is 0.345 e. The number of nitrogens with zero attached hydrogens (tertiary/aromatic N) is 1. The van der Waals surface area contributed by atoms with Crippen molar-refractivity contribution in [1.29, 1.82) is 0 Å². The van der Waals surface area contributed by atoms with E-state index in [4.69, 9.17) is 0 Å². The van der Waals surface area contributed by atoms with Gasteiger partial charge in [-0.15, -0.1) is 0 Å². The van der Waals surface area contributed by atoms with Gasteiger partial charge in [0.15, 0.2) is 0 Å². The maximum absolute atomic E-state index is 12.1. The van der Waals surface area contributed by atoms with Gasteiger partial charge in [-0.25, -0.2) is 0 Å². The van der Waals surface area contributed by atoms with E-state index in [1.165, 1.54) is 16.0 Å². The minimum atomic E-state index is -0.0695. The lowest BCUT2D eigenvalue weighted by Crippen LogP contribution is -2.21. The van der Waals surface area contributed by atoms with Crippen LogP contribution in [-0.4, -0.2) is 30.8 Å². The van der Waals surface area contributed by atoms with Gasteiger partial charge in [0.05, 0.1) is 6.42 Å². The molecule has 0 heterocycles.